The first-order valence-corrected chi connectivity index (χ1v) is 13.6. The molecule has 0 saturated heterocycles. The Hall–Kier alpha value is -2.81. The molecule has 0 aliphatic heterocycles. The molecule has 0 bridgehead atoms. The highest BCUT2D eigenvalue weighted by Crippen LogP contribution is 2.29. The van der Waals surface area contributed by atoms with Gasteiger partial charge < -0.3 is 9.47 Å². The normalized spacial score (nSPS) is 11.2. The highest BCUT2D eigenvalue weighted by atomic mass is 79.9. The van der Waals surface area contributed by atoms with Crippen LogP contribution in [-0.4, -0.2) is 28.2 Å². The maximum absolute atomic E-state index is 5.97. The molecule has 0 aliphatic carbocycles. The summed E-state index contributed by atoms with van der Waals surface area (Å²) in [5.74, 6) is 2.91. The molecule has 0 atom stereocenters. The van der Waals surface area contributed by atoms with Crippen molar-refractivity contribution in [2.24, 2.45) is 5.10 Å². The molecule has 1 aromatic heterocycles. The third-order valence-electron chi connectivity index (χ3n) is 5.25. The molecule has 0 saturated carbocycles. The Bertz CT molecular complexity index is 1310. The van der Waals surface area contributed by atoms with E-state index in [4.69, 9.17) is 26.2 Å². The van der Waals surface area contributed by atoms with Gasteiger partial charge in [-0.2, -0.15) is 9.78 Å². The number of hydrogen-bond acceptors (Lipinski definition) is 6. The van der Waals surface area contributed by atoms with Gasteiger partial charge in [0.25, 0.3) is 0 Å². The van der Waals surface area contributed by atoms with E-state index in [0.717, 1.165) is 45.2 Å². The van der Waals surface area contributed by atoms with Gasteiger partial charge in [0, 0.05) is 21.7 Å². The smallest absolute Gasteiger partial charge is 0.212 e. The van der Waals surface area contributed by atoms with E-state index < -0.39 is 0 Å². The minimum Gasteiger partial charge on any atom is -0.493 e. The molecular formula is C27H26BrClN4O2S. The number of ether oxygens (including phenoxy) is 2. The Morgan fingerprint density at radius 2 is 1.75 bits per heavy atom. The van der Waals surface area contributed by atoms with Crippen LogP contribution in [-0.2, 0) is 18.8 Å². The van der Waals surface area contributed by atoms with Crippen molar-refractivity contribution in [1.82, 2.24) is 14.9 Å². The number of halogens is 2. The van der Waals surface area contributed by atoms with Crippen LogP contribution in [0, 0.1) is 0 Å². The van der Waals surface area contributed by atoms with Gasteiger partial charge in [-0.1, -0.05) is 70.5 Å². The van der Waals surface area contributed by atoms with Crippen molar-refractivity contribution in [3.8, 4) is 11.5 Å². The summed E-state index contributed by atoms with van der Waals surface area (Å²) in [6, 6.07) is 21.6. The molecule has 0 unspecified atom stereocenters. The summed E-state index contributed by atoms with van der Waals surface area (Å²) in [4.78, 5) is 0. The van der Waals surface area contributed by atoms with Gasteiger partial charge in [0.15, 0.2) is 17.3 Å². The van der Waals surface area contributed by atoms with Gasteiger partial charge in [-0.3, -0.25) is 0 Å². The number of hydrogen-bond donors (Lipinski definition) is 0. The predicted molar refractivity (Wildman–Crippen MR) is 149 cm³/mol. The lowest BCUT2D eigenvalue weighted by molar-refractivity contribution is 0.284. The second-order valence-electron chi connectivity index (χ2n) is 7.95. The minimum absolute atomic E-state index is 0.418. The van der Waals surface area contributed by atoms with E-state index in [2.05, 4.69) is 45.2 Å². The standard InChI is InChI=1S/C27H26BrClN4O2S/c1-3-4-26-31-32-27(36-18-20-5-10-22(28)11-6-20)33(26)30-16-21-9-14-24(25(15-21)34-2)35-17-19-7-12-23(29)13-8-19/h5-16H,3-4,17-18H2,1-2H3/b30-16+. The SMILES string of the molecule is CCCc1nnc(SCc2ccc(Br)cc2)n1/N=C/c1ccc(OCc2ccc(Cl)cc2)c(OC)c1. The third kappa shape index (κ3) is 7.12. The minimum atomic E-state index is 0.418. The van der Waals surface area contributed by atoms with Gasteiger partial charge in [0.05, 0.1) is 13.3 Å². The van der Waals surface area contributed by atoms with Gasteiger partial charge >= 0.3 is 0 Å². The fourth-order valence-electron chi connectivity index (χ4n) is 3.36. The molecule has 1 heterocycles. The van der Waals surface area contributed by atoms with Crippen LogP contribution in [0.15, 0.2) is 81.5 Å². The number of aryl methyl sites for hydroxylation is 1. The van der Waals surface area contributed by atoms with Crippen LogP contribution in [0.2, 0.25) is 5.02 Å². The Kier molecular flexibility index (Phi) is 9.44. The summed E-state index contributed by atoms with van der Waals surface area (Å²) in [5.41, 5.74) is 3.11. The zero-order valence-corrected chi connectivity index (χ0v) is 23.2. The maximum atomic E-state index is 5.97. The molecule has 9 heteroatoms. The van der Waals surface area contributed by atoms with E-state index in [1.54, 1.807) is 25.1 Å². The second kappa shape index (κ2) is 12.9. The number of nitrogens with zero attached hydrogens (tertiary/aromatic N) is 4. The fourth-order valence-corrected chi connectivity index (χ4v) is 4.61. The highest BCUT2D eigenvalue weighted by molar-refractivity contribution is 9.10. The third-order valence-corrected chi connectivity index (χ3v) is 7.02. The van der Waals surface area contributed by atoms with Crippen LogP contribution >= 0.6 is 39.3 Å². The van der Waals surface area contributed by atoms with Gasteiger partial charge in [-0.25, -0.2) is 0 Å². The average molecular weight is 586 g/mol. The largest absolute Gasteiger partial charge is 0.493 e. The van der Waals surface area contributed by atoms with Crippen LogP contribution in [0.25, 0.3) is 0 Å². The Morgan fingerprint density at radius 1 is 1.00 bits per heavy atom. The highest BCUT2D eigenvalue weighted by Gasteiger charge is 2.12. The van der Waals surface area contributed by atoms with E-state index >= 15 is 0 Å². The van der Waals surface area contributed by atoms with E-state index in [1.165, 1.54) is 5.56 Å². The molecule has 0 aliphatic rings. The van der Waals surface area contributed by atoms with E-state index in [-0.39, 0.29) is 0 Å². The molecular weight excluding hydrogens is 560 g/mol. The molecule has 0 N–H and O–H groups in total. The van der Waals surface area contributed by atoms with E-state index in [1.807, 2.05) is 59.3 Å². The lowest BCUT2D eigenvalue weighted by Crippen LogP contribution is -2.01. The van der Waals surface area contributed by atoms with Crippen LogP contribution < -0.4 is 9.47 Å². The molecule has 0 spiro atoms. The van der Waals surface area contributed by atoms with Crippen molar-refractivity contribution in [2.75, 3.05) is 7.11 Å². The molecule has 36 heavy (non-hydrogen) atoms. The number of rotatable bonds is 11. The molecule has 186 valence electrons. The van der Waals surface area contributed by atoms with E-state index in [0.29, 0.717) is 23.1 Å². The second-order valence-corrected chi connectivity index (χ2v) is 10.2. The lowest BCUT2D eigenvalue weighted by atomic mass is 10.2. The first kappa shape index (κ1) is 26.3. The Labute approximate surface area is 228 Å². The number of benzene rings is 3. The fraction of sp³-hybridized carbons (Fsp3) is 0.222. The molecule has 0 amide bonds. The summed E-state index contributed by atoms with van der Waals surface area (Å²) in [5, 5.41) is 14.9. The maximum Gasteiger partial charge on any atom is 0.212 e. The van der Waals surface area contributed by atoms with Gasteiger partial charge in [-0.15, -0.1) is 10.2 Å². The molecule has 6 nitrogen and oxygen atoms in total. The molecule has 0 radical (unpaired) electrons. The van der Waals surface area contributed by atoms with E-state index in [9.17, 15) is 0 Å². The molecule has 3 aromatic carbocycles. The summed E-state index contributed by atoms with van der Waals surface area (Å²) in [7, 11) is 1.63. The van der Waals surface area contributed by atoms with Crippen LogP contribution in [0.5, 0.6) is 11.5 Å². The topological polar surface area (TPSA) is 61.5 Å². The van der Waals surface area contributed by atoms with Gasteiger partial charge in [0.1, 0.15) is 6.61 Å². The van der Waals surface area contributed by atoms with Gasteiger partial charge in [0.2, 0.25) is 5.16 Å². The lowest BCUT2D eigenvalue weighted by Gasteiger charge is -2.11. The van der Waals surface area contributed by atoms with Gasteiger partial charge in [-0.05, 0) is 65.6 Å². The monoisotopic (exact) mass is 584 g/mol. The van der Waals surface area contributed by atoms with Crippen LogP contribution in [0.3, 0.4) is 0 Å². The number of aromatic nitrogens is 3. The van der Waals surface area contributed by atoms with Crippen molar-refractivity contribution in [3.05, 3.63) is 98.7 Å². The van der Waals surface area contributed by atoms with Crippen molar-refractivity contribution < 1.29 is 9.47 Å². The quantitative estimate of drug-likeness (QED) is 0.135. The summed E-state index contributed by atoms with van der Waals surface area (Å²) < 4.78 is 14.4. The van der Waals surface area contributed by atoms with Crippen molar-refractivity contribution >= 4 is 45.5 Å². The van der Waals surface area contributed by atoms with Crippen LogP contribution in [0.4, 0.5) is 0 Å². The predicted octanol–water partition coefficient (Wildman–Crippen LogP) is 7.41. The van der Waals surface area contributed by atoms with Crippen molar-refractivity contribution in [2.45, 2.75) is 37.3 Å². The average Bonchev–Trinajstić information content (AvgIpc) is 3.28. The first-order valence-electron chi connectivity index (χ1n) is 11.5. The molecule has 4 rings (SSSR count). The number of methoxy groups -OCH3 is 1. The number of thioether (sulfide) groups is 1. The zero-order chi connectivity index (χ0) is 25.3. The summed E-state index contributed by atoms with van der Waals surface area (Å²) >= 11 is 11.1. The summed E-state index contributed by atoms with van der Waals surface area (Å²) in [6.45, 7) is 2.53. The summed E-state index contributed by atoms with van der Waals surface area (Å²) in [6.07, 6.45) is 3.54. The van der Waals surface area contributed by atoms with Crippen LogP contribution in [0.1, 0.15) is 35.9 Å². The van der Waals surface area contributed by atoms with Crippen molar-refractivity contribution in [1.29, 1.82) is 0 Å². The first-order chi connectivity index (χ1) is 17.6. The molecule has 4 aromatic rings. The Morgan fingerprint density at radius 3 is 2.47 bits per heavy atom. The Balaban J connectivity index is 1.48. The molecule has 0 fully saturated rings. The zero-order valence-electron chi connectivity index (χ0n) is 20.0. The van der Waals surface area contributed by atoms with Crippen molar-refractivity contribution in [3.63, 3.8) is 0 Å².